The van der Waals surface area contributed by atoms with Gasteiger partial charge in [-0.05, 0) is 48.9 Å². The van der Waals surface area contributed by atoms with Crippen LogP contribution < -0.4 is 4.57 Å². The minimum absolute atomic E-state index is 0.428. The van der Waals surface area contributed by atoms with Crippen LogP contribution in [0.15, 0.2) is 59.0 Å². The van der Waals surface area contributed by atoms with Crippen molar-refractivity contribution in [3.05, 3.63) is 94.0 Å². The molecular weight excluding hydrogens is 428 g/mol. The van der Waals surface area contributed by atoms with E-state index >= 15 is 0 Å². The molecule has 35 heavy (non-hydrogen) atoms. The standard InChI is InChI=1S/C32H31N2O/c1-18(2)25-17-27(34(8)22(6)21(25)5)28-19(3)14-15-24-26-16-20(4)30(33-7)29(32(26)35-31(24)28)23-12-10-9-11-13-23/h9-18H,1-6,8H3/q+1. The number of benzene rings is 3. The fourth-order valence-corrected chi connectivity index (χ4v) is 5.37. The highest BCUT2D eigenvalue weighted by molar-refractivity contribution is 6.15. The Bertz CT molecular complexity index is 1660. The van der Waals surface area contributed by atoms with Gasteiger partial charge in [0.25, 0.3) is 0 Å². The molecule has 5 aromatic rings. The molecule has 3 nitrogen and oxygen atoms in total. The lowest BCUT2D eigenvalue weighted by Crippen LogP contribution is -2.36. The molecule has 0 unspecified atom stereocenters. The van der Waals surface area contributed by atoms with Crippen molar-refractivity contribution in [2.75, 3.05) is 0 Å². The first-order valence-corrected chi connectivity index (χ1v) is 12.2. The summed E-state index contributed by atoms with van der Waals surface area (Å²) >= 11 is 0. The molecule has 174 valence electrons. The van der Waals surface area contributed by atoms with E-state index in [9.17, 15) is 0 Å². The molecule has 0 spiro atoms. The zero-order valence-corrected chi connectivity index (χ0v) is 21.6. The third-order valence-corrected chi connectivity index (χ3v) is 7.49. The van der Waals surface area contributed by atoms with Gasteiger partial charge in [0.1, 0.15) is 18.2 Å². The number of pyridine rings is 1. The molecule has 2 heterocycles. The van der Waals surface area contributed by atoms with E-state index in [0.29, 0.717) is 11.6 Å². The molecule has 0 aliphatic carbocycles. The van der Waals surface area contributed by atoms with Gasteiger partial charge < -0.3 is 4.42 Å². The van der Waals surface area contributed by atoms with Crippen LogP contribution in [0.2, 0.25) is 0 Å². The summed E-state index contributed by atoms with van der Waals surface area (Å²) in [6, 6.07) is 18.9. The molecule has 0 saturated heterocycles. The zero-order valence-electron chi connectivity index (χ0n) is 21.6. The number of rotatable bonds is 3. The van der Waals surface area contributed by atoms with E-state index in [2.05, 4.69) is 87.5 Å². The van der Waals surface area contributed by atoms with Crippen LogP contribution in [0.4, 0.5) is 5.69 Å². The van der Waals surface area contributed by atoms with Crippen LogP contribution in [0.3, 0.4) is 0 Å². The van der Waals surface area contributed by atoms with Crippen molar-refractivity contribution in [3.8, 4) is 22.4 Å². The first kappa shape index (κ1) is 22.9. The molecule has 0 fully saturated rings. The largest absolute Gasteiger partial charge is 0.456 e. The first-order chi connectivity index (χ1) is 16.7. The Kier molecular flexibility index (Phi) is 5.49. The molecule has 3 heteroatoms. The second-order valence-corrected chi connectivity index (χ2v) is 9.92. The molecular formula is C32H31N2O+. The van der Waals surface area contributed by atoms with Gasteiger partial charge in [-0.15, -0.1) is 0 Å². The van der Waals surface area contributed by atoms with Gasteiger partial charge in [-0.25, -0.2) is 4.85 Å². The first-order valence-electron chi connectivity index (χ1n) is 12.2. The van der Waals surface area contributed by atoms with Crippen molar-refractivity contribution in [1.82, 2.24) is 0 Å². The molecule has 0 N–H and O–H groups in total. The summed E-state index contributed by atoms with van der Waals surface area (Å²) in [5, 5.41) is 2.14. The van der Waals surface area contributed by atoms with Crippen LogP contribution >= 0.6 is 0 Å². The topological polar surface area (TPSA) is 21.4 Å². The fourth-order valence-electron chi connectivity index (χ4n) is 5.37. The summed E-state index contributed by atoms with van der Waals surface area (Å²) in [6.07, 6.45) is 0. The minimum atomic E-state index is 0.428. The lowest BCUT2D eigenvalue weighted by Gasteiger charge is -2.14. The predicted molar refractivity (Wildman–Crippen MR) is 145 cm³/mol. The summed E-state index contributed by atoms with van der Waals surface area (Å²) in [7, 11) is 2.14. The SMILES string of the molecule is [C-]#[N+]c1c(C)cc2c(oc3c(-c4cc(C(C)C)c(C)c(C)[n+]4C)c(C)ccc32)c1-c1ccccc1. The average Bonchev–Trinajstić information content (AvgIpc) is 3.20. The molecule has 3 aromatic carbocycles. The van der Waals surface area contributed by atoms with Crippen LogP contribution in [0, 0.1) is 34.3 Å². The Morgan fingerprint density at radius 2 is 1.51 bits per heavy atom. The van der Waals surface area contributed by atoms with Crippen molar-refractivity contribution in [1.29, 1.82) is 0 Å². The smallest absolute Gasteiger partial charge is 0.216 e. The summed E-state index contributed by atoms with van der Waals surface area (Å²) in [5.41, 5.74) is 12.6. The molecule has 0 aliphatic rings. The highest BCUT2D eigenvalue weighted by Gasteiger charge is 2.26. The van der Waals surface area contributed by atoms with Gasteiger partial charge in [0, 0.05) is 34.9 Å². The van der Waals surface area contributed by atoms with Gasteiger partial charge in [-0.1, -0.05) is 62.4 Å². The second kappa shape index (κ2) is 8.40. The van der Waals surface area contributed by atoms with E-state index in [4.69, 9.17) is 11.0 Å². The average molecular weight is 460 g/mol. The third-order valence-electron chi connectivity index (χ3n) is 7.49. The van der Waals surface area contributed by atoms with Gasteiger partial charge in [0.15, 0.2) is 5.69 Å². The molecule has 5 rings (SSSR count). The number of hydrogen-bond acceptors (Lipinski definition) is 1. The molecule has 0 bridgehead atoms. The Labute approximate surface area is 207 Å². The van der Waals surface area contributed by atoms with E-state index in [-0.39, 0.29) is 0 Å². The van der Waals surface area contributed by atoms with Gasteiger partial charge in [0.05, 0.1) is 12.1 Å². The minimum Gasteiger partial charge on any atom is -0.456 e. The number of hydrogen-bond donors (Lipinski definition) is 0. The highest BCUT2D eigenvalue weighted by atomic mass is 16.3. The van der Waals surface area contributed by atoms with Gasteiger partial charge >= 0.3 is 0 Å². The predicted octanol–water partition coefficient (Wildman–Crippen LogP) is 8.65. The Balaban J connectivity index is 1.95. The number of aryl methyl sites for hydroxylation is 2. The van der Waals surface area contributed by atoms with E-state index in [1.807, 2.05) is 25.1 Å². The number of furan rings is 1. The number of aromatic nitrogens is 1. The fraction of sp³-hybridized carbons (Fsp3) is 0.250. The Morgan fingerprint density at radius 1 is 0.829 bits per heavy atom. The molecule has 2 aromatic heterocycles. The maximum absolute atomic E-state index is 7.91. The maximum atomic E-state index is 7.91. The quantitative estimate of drug-likeness (QED) is 0.195. The second-order valence-electron chi connectivity index (χ2n) is 9.92. The molecule has 0 amide bonds. The Hall–Kier alpha value is -3.90. The van der Waals surface area contributed by atoms with Gasteiger partial charge in [0.2, 0.25) is 11.4 Å². The zero-order chi connectivity index (χ0) is 25.0. The van der Waals surface area contributed by atoms with Crippen molar-refractivity contribution in [2.45, 2.75) is 47.5 Å². The summed E-state index contributed by atoms with van der Waals surface area (Å²) in [4.78, 5) is 3.92. The summed E-state index contributed by atoms with van der Waals surface area (Å²) in [6.45, 7) is 21.0. The van der Waals surface area contributed by atoms with Crippen molar-refractivity contribution in [2.24, 2.45) is 7.05 Å². The van der Waals surface area contributed by atoms with Crippen molar-refractivity contribution >= 4 is 27.6 Å². The van der Waals surface area contributed by atoms with E-state index in [0.717, 1.165) is 49.9 Å². The number of fused-ring (bicyclic) bond motifs is 3. The maximum Gasteiger partial charge on any atom is 0.216 e. The van der Waals surface area contributed by atoms with E-state index < -0.39 is 0 Å². The van der Waals surface area contributed by atoms with Crippen LogP contribution in [0.5, 0.6) is 0 Å². The summed E-state index contributed by atoms with van der Waals surface area (Å²) in [5.74, 6) is 0.428. The molecule has 0 atom stereocenters. The summed E-state index contributed by atoms with van der Waals surface area (Å²) < 4.78 is 9.05. The lowest BCUT2D eigenvalue weighted by molar-refractivity contribution is -0.667. The van der Waals surface area contributed by atoms with E-state index in [1.54, 1.807) is 0 Å². The highest BCUT2D eigenvalue weighted by Crippen LogP contribution is 2.46. The molecule has 0 radical (unpaired) electrons. The third kappa shape index (κ3) is 3.44. The van der Waals surface area contributed by atoms with Crippen molar-refractivity contribution < 1.29 is 8.98 Å². The van der Waals surface area contributed by atoms with Crippen LogP contribution in [0.25, 0.3) is 49.2 Å². The van der Waals surface area contributed by atoms with Crippen LogP contribution in [0.1, 0.15) is 47.7 Å². The van der Waals surface area contributed by atoms with E-state index in [1.165, 1.54) is 22.4 Å². The normalized spacial score (nSPS) is 11.5. The lowest BCUT2D eigenvalue weighted by atomic mass is 9.92. The van der Waals surface area contributed by atoms with Gasteiger partial charge in [-0.2, -0.15) is 4.57 Å². The van der Waals surface area contributed by atoms with Crippen LogP contribution in [-0.2, 0) is 7.05 Å². The molecule has 0 aliphatic heterocycles. The monoisotopic (exact) mass is 459 g/mol. The Morgan fingerprint density at radius 3 is 2.17 bits per heavy atom. The van der Waals surface area contributed by atoms with Gasteiger partial charge in [-0.3, -0.25) is 0 Å². The van der Waals surface area contributed by atoms with Crippen LogP contribution in [-0.4, -0.2) is 0 Å². The van der Waals surface area contributed by atoms with Crippen molar-refractivity contribution in [3.63, 3.8) is 0 Å². The number of nitrogens with zero attached hydrogens (tertiary/aromatic N) is 2. The molecule has 0 saturated carbocycles.